The molecular weight excluding hydrogens is 318 g/mol. The van der Waals surface area contributed by atoms with Crippen LogP contribution in [0.5, 0.6) is 5.75 Å². The van der Waals surface area contributed by atoms with Crippen molar-refractivity contribution >= 4 is 23.1 Å². The maximum absolute atomic E-state index is 12.2. The lowest BCUT2D eigenvalue weighted by atomic mass is 10.1. The Morgan fingerprint density at radius 1 is 1.12 bits per heavy atom. The lowest BCUT2D eigenvalue weighted by Gasteiger charge is -2.06. The minimum atomic E-state index is -0.548. The lowest BCUT2D eigenvalue weighted by molar-refractivity contribution is -0.112. The lowest BCUT2D eigenvalue weighted by Crippen LogP contribution is -2.14. The van der Waals surface area contributed by atoms with E-state index in [0.29, 0.717) is 22.7 Å². The molecule has 2 aromatic carbocycles. The van der Waals surface area contributed by atoms with Crippen molar-refractivity contribution in [3.63, 3.8) is 0 Å². The molecule has 0 aromatic heterocycles. The van der Waals surface area contributed by atoms with Gasteiger partial charge in [-0.25, -0.2) is 0 Å². The van der Waals surface area contributed by atoms with Crippen LogP contribution in [0.4, 0.5) is 11.4 Å². The largest absolute Gasteiger partial charge is 0.497 e. The second-order valence-electron chi connectivity index (χ2n) is 5.13. The van der Waals surface area contributed by atoms with Crippen LogP contribution in [-0.4, -0.2) is 18.8 Å². The quantitative estimate of drug-likeness (QED) is 0.480. The van der Waals surface area contributed by atoms with E-state index in [-0.39, 0.29) is 11.4 Å². The van der Waals surface area contributed by atoms with Gasteiger partial charge in [-0.15, -0.1) is 0 Å². The van der Waals surface area contributed by atoms with E-state index in [1.54, 1.807) is 55.6 Å². The first kappa shape index (κ1) is 17.8. The van der Waals surface area contributed by atoms with Gasteiger partial charge in [0.05, 0.1) is 7.11 Å². The average molecular weight is 335 g/mol. The highest BCUT2D eigenvalue weighted by molar-refractivity contribution is 6.07. The molecule has 6 heteroatoms. The number of hydrogen-bond acceptors (Lipinski definition) is 5. The molecule has 25 heavy (non-hydrogen) atoms. The highest BCUT2D eigenvalue weighted by Gasteiger charge is 2.09. The predicted octanol–water partition coefficient (Wildman–Crippen LogP) is 3.36. The summed E-state index contributed by atoms with van der Waals surface area (Å²) in [6, 6.07) is 15.4. The summed E-state index contributed by atoms with van der Waals surface area (Å²) in [5.41, 5.74) is 1.65. The third-order valence-electron chi connectivity index (χ3n) is 3.37. The van der Waals surface area contributed by atoms with Crippen molar-refractivity contribution < 1.29 is 14.3 Å². The van der Waals surface area contributed by atoms with Gasteiger partial charge < -0.3 is 15.4 Å². The number of carbonyl (C=O) groups is 2. The molecule has 0 spiro atoms. The van der Waals surface area contributed by atoms with E-state index in [1.807, 2.05) is 6.07 Å². The molecule has 0 aliphatic carbocycles. The summed E-state index contributed by atoms with van der Waals surface area (Å²) in [5.74, 6) is 0.0540. The van der Waals surface area contributed by atoms with Gasteiger partial charge in [0.1, 0.15) is 17.4 Å². The average Bonchev–Trinajstić information content (AvgIpc) is 2.63. The number of methoxy groups -OCH3 is 1. The molecule has 0 fully saturated rings. The molecule has 0 unspecified atom stereocenters. The predicted molar refractivity (Wildman–Crippen MR) is 95.4 cm³/mol. The summed E-state index contributed by atoms with van der Waals surface area (Å²) >= 11 is 0. The second-order valence-corrected chi connectivity index (χ2v) is 5.13. The van der Waals surface area contributed by atoms with Crippen molar-refractivity contribution in [3.8, 4) is 11.8 Å². The van der Waals surface area contributed by atoms with E-state index in [2.05, 4.69) is 10.6 Å². The third kappa shape index (κ3) is 4.94. The van der Waals surface area contributed by atoms with E-state index in [9.17, 15) is 14.9 Å². The number of nitrogens with one attached hydrogen (secondary N) is 2. The smallest absolute Gasteiger partial charge is 0.267 e. The molecule has 1 amide bonds. The van der Waals surface area contributed by atoms with Crippen molar-refractivity contribution in [2.75, 3.05) is 17.7 Å². The van der Waals surface area contributed by atoms with Crippen LogP contribution in [0.2, 0.25) is 0 Å². The van der Waals surface area contributed by atoms with Crippen LogP contribution in [0.3, 0.4) is 0 Å². The highest BCUT2D eigenvalue weighted by atomic mass is 16.5. The van der Waals surface area contributed by atoms with Gasteiger partial charge in [-0.2, -0.15) is 5.26 Å². The van der Waals surface area contributed by atoms with Gasteiger partial charge in [0.2, 0.25) is 0 Å². The molecule has 0 aliphatic heterocycles. The Morgan fingerprint density at radius 3 is 2.44 bits per heavy atom. The van der Waals surface area contributed by atoms with Crippen molar-refractivity contribution in [2.45, 2.75) is 6.92 Å². The second kappa shape index (κ2) is 8.31. The zero-order valence-electron chi connectivity index (χ0n) is 13.9. The van der Waals surface area contributed by atoms with Gasteiger partial charge in [-0.3, -0.25) is 9.59 Å². The number of amides is 1. The van der Waals surface area contributed by atoms with E-state index >= 15 is 0 Å². The Morgan fingerprint density at radius 2 is 1.84 bits per heavy atom. The Labute approximate surface area is 145 Å². The normalized spacial score (nSPS) is 10.5. The Kier molecular flexibility index (Phi) is 5.91. The van der Waals surface area contributed by atoms with Gasteiger partial charge in [-0.1, -0.05) is 6.07 Å². The van der Waals surface area contributed by atoms with Gasteiger partial charge >= 0.3 is 0 Å². The van der Waals surface area contributed by atoms with Crippen LogP contribution in [0.25, 0.3) is 0 Å². The number of ketones is 1. The molecule has 2 aromatic rings. The van der Waals surface area contributed by atoms with Crippen molar-refractivity contribution in [3.05, 3.63) is 65.9 Å². The molecule has 0 bridgehead atoms. The Hall–Kier alpha value is -3.59. The van der Waals surface area contributed by atoms with Gasteiger partial charge in [0.25, 0.3) is 5.91 Å². The van der Waals surface area contributed by atoms with Crippen molar-refractivity contribution in [1.82, 2.24) is 0 Å². The summed E-state index contributed by atoms with van der Waals surface area (Å²) in [6.45, 7) is 1.47. The molecule has 126 valence electrons. The molecule has 0 heterocycles. The van der Waals surface area contributed by atoms with Crippen LogP contribution in [0.1, 0.15) is 17.3 Å². The monoisotopic (exact) mass is 335 g/mol. The number of benzene rings is 2. The number of hydrogen-bond donors (Lipinski definition) is 2. The number of nitriles is 1. The fourth-order valence-electron chi connectivity index (χ4n) is 2.00. The molecule has 2 N–H and O–H groups in total. The first-order valence-corrected chi connectivity index (χ1v) is 7.46. The van der Waals surface area contributed by atoms with Crippen LogP contribution in [-0.2, 0) is 4.79 Å². The molecular formula is C19H17N3O3. The number of carbonyl (C=O) groups excluding carboxylic acids is 2. The van der Waals surface area contributed by atoms with E-state index in [0.717, 1.165) is 0 Å². The van der Waals surface area contributed by atoms with Crippen LogP contribution < -0.4 is 15.4 Å². The fraction of sp³-hybridized carbons (Fsp3) is 0.105. The van der Waals surface area contributed by atoms with Crippen LogP contribution in [0.15, 0.2) is 60.3 Å². The van der Waals surface area contributed by atoms with E-state index in [4.69, 9.17) is 4.74 Å². The summed E-state index contributed by atoms with van der Waals surface area (Å²) in [4.78, 5) is 23.4. The molecule has 6 nitrogen and oxygen atoms in total. The van der Waals surface area contributed by atoms with E-state index in [1.165, 1.54) is 13.1 Å². The minimum absolute atomic E-state index is 0.0574. The van der Waals surface area contributed by atoms with Gasteiger partial charge in [0.15, 0.2) is 5.78 Å². The molecule has 0 aliphatic rings. The zero-order valence-corrected chi connectivity index (χ0v) is 13.9. The standard InChI is InChI=1S/C19H17N3O3/c1-13(23)14-6-8-16(9-7-14)22-19(24)15(11-20)12-21-17-4-3-5-18(10-17)25-2/h3-10,12,21H,1-2H3,(H,22,24)/b15-12-. The first-order valence-electron chi connectivity index (χ1n) is 7.46. The number of nitrogens with zero attached hydrogens (tertiary/aromatic N) is 1. The zero-order chi connectivity index (χ0) is 18.2. The third-order valence-corrected chi connectivity index (χ3v) is 3.37. The SMILES string of the molecule is COc1cccc(N/C=C(/C#N)C(=O)Nc2ccc(C(C)=O)cc2)c1. The fourth-order valence-corrected chi connectivity index (χ4v) is 2.00. The molecule has 2 rings (SSSR count). The van der Waals surface area contributed by atoms with Crippen LogP contribution in [0, 0.1) is 11.3 Å². The van der Waals surface area contributed by atoms with E-state index < -0.39 is 5.91 Å². The maximum Gasteiger partial charge on any atom is 0.267 e. The summed E-state index contributed by atoms with van der Waals surface area (Å²) < 4.78 is 5.11. The summed E-state index contributed by atoms with van der Waals surface area (Å²) in [7, 11) is 1.56. The minimum Gasteiger partial charge on any atom is -0.497 e. The highest BCUT2D eigenvalue weighted by Crippen LogP contribution is 2.17. The van der Waals surface area contributed by atoms with Crippen molar-refractivity contribution in [2.24, 2.45) is 0 Å². The topological polar surface area (TPSA) is 91.2 Å². The number of ether oxygens (including phenoxy) is 1. The number of anilines is 2. The Bertz CT molecular complexity index is 849. The van der Waals surface area contributed by atoms with Gasteiger partial charge in [-0.05, 0) is 43.3 Å². The molecule has 0 saturated carbocycles. The van der Waals surface area contributed by atoms with Crippen molar-refractivity contribution in [1.29, 1.82) is 5.26 Å². The molecule has 0 radical (unpaired) electrons. The molecule has 0 saturated heterocycles. The summed E-state index contributed by atoms with van der Waals surface area (Å²) in [5, 5.41) is 14.7. The summed E-state index contributed by atoms with van der Waals surface area (Å²) in [6.07, 6.45) is 1.33. The number of rotatable bonds is 6. The molecule has 0 atom stereocenters. The Balaban J connectivity index is 2.07. The van der Waals surface area contributed by atoms with Gasteiger partial charge in [0, 0.05) is 29.2 Å². The maximum atomic E-state index is 12.2. The van der Waals surface area contributed by atoms with Crippen LogP contribution >= 0.6 is 0 Å². The number of Topliss-reactive ketones (excluding diaryl/α,β-unsaturated/α-hetero) is 1. The first-order chi connectivity index (χ1) is 12.0.